The molecule has 3 rings (SSSR count). The van der Waals surface area contributed by atoms with Gasteiger partial charge in [0.05, 0.1) is 5.25 Å². The molecule has 25 heavy (non-hydrogen) atoms. The molecule has 1 aromatic carbocycles. The Labute approximate surface area is 154 Å². The molecular weight excluding hydrogens is 330 g/mol. The number of hydrogen-bond donors (Lipinski definition) is 1. The van der Waals surface area contributed by atoms with E-state index in [1.54, 1.807) is 6.20 Å². The smallest absolute Gasteiger partial charge is 0.233 e. The summed E-state index contributed by atoms with van der Waals surface area (Å²) in [6.07, 6.45) is 8.55. The summed E-state index contributed by atoms with van der Waals surface area (Å²) in [7, 11) is 0. The van der Waals surface area contributed by atoms with Crippen molar-refractivity contribution in [3.8, 4) is 5.69 Å². The first kappa shape index (κ1) is 18.1. The third-order valence-corrected chi connectivity index (χ3v) is 6.06. The number of nitrogens with one attached hydrogen (secondary N) is 1. The lowest BCUT2D eigenvalue weighted by atomic mass is 9.86. The average molecular weight is 358 g/mol. The first-order chi connectivity index (χ1) is 12.0. The maximum atomic E-state index is 12.6. The molecule has 5 heteroatoms. The van der Waals surface area contributed by atoms with Gasteiger partial charge in [-0.05, 0) is 50.3 Å². The quantitative estimate of drug-likeness (QED) is 0.809. The highest BCUT2D eigenvalue weighted by Gasteiger charge is 2.25. The number of carbonyl (C=O) groups is 1. The van der Waals surface area contributed by atoms with Crippen molar-refractivity contribution in [2.75, 3.05) is 0 Å². The van der Waals surface area contributed by atoms with Crippen LogP contribution in [0, 0.1) is 12.8 Å². The van der Waals surface area contributed by atoms with Crippen LogP contribution in [-0.4, -0.2) is 26.8 Å². The minimum atomic E-state index is -0.167. The number of thioether (sulfide) groups is 1. The third kappa shape index (κ3) is 4.46. The number of carbonyl (C=O) groups excluding carboxylic acids is 1. The van der Waals surface area contributed by atoms with E-state index in [-0.39, 0.29) is 11.2 Å². The zero-order valence-corrected chi connectivity index (χ0v) is 16.1. The predicted octanol–water partition coefficient (Wildman–Crippen LogP) is 4.36. The normalized spacial score (nSPS) is 21.7. The van der Waals surface area contributed by atoms with E-state index in [0.29, 0.717) is 12.0 Å². The summed E-state index contributed by atoms with van der Waals surface area (Å²) in [5.41, 5.74) is 2.28. The highest BCUT2D eigenvalue weighted by molar-refractivity contribution is 8.00. The van der Waals surface area contributed by atoms with Crippen LogP contribution in [0.4, 0.5) is 0 Å². The second-order valence-electron chi connectivity index (χ2n) is 7.06. The van der Waals surface area contributed by atoms with Crippen molar-refractivity contribution in [1.29, 1.82) is 0 Å². The molecule has 0 spiro atoms. The van der Waals surface area contributed by atoms with Crippen molar-refractivity contribution in [3.05, 3.63) is 42.2 Å². The number of imidazole rings is 1. The number of amides is 1. The van der Waals surface area contributed by atoms with Gasteiger partial charge in [-0.15, -0.1) is 0 Å². The third-order valence-electron chi connectivity index (χ3n) is 4.98. The molecule has 0 radical (unpaired) electrons. The summed E-state index contributed by atoms with van der Waals surface area (Å²) in [6, 6.07) is 8.63. The Bertz CT molecular complexity index is 727. The second-order valence-corrected chi connectivity index (χ2v) is 8.36. The topological polar surface area (TPSA) is 46.9 Å². The minimum Gasteiger partial charge on any atom is -0.352 e. The van der Waals surface area contributed by atoms with Crippen molar-refractivity contribution in [1.82, 2.24) is 14.9 Å². The Morgan fingerprint density at radius 1 is 1.36 bits per heavy atom. The maximum Gasteiger partial charge on any atom is 0.233 e. The van der Waals surface area contributed by atoms with Crippen LogP contribution in [0.5, 0.6) is 0 Å². The van der Waals surface area contributed by atoms with E-state index in [9.17, 15) is 4.79 Å². The van der Waals surface area contributed by atoms with Crippen molar-refractivity contribution in [2.24, 2.45) is 5.92 Å². The van der Waals surface area contributed by atoms with Crippen LogP contribution < -0.4 is 5.32 Å². The number of aryl methyl sites for hydroxylation is 1. The van der Waals surface area contributed by atoms with Crippen LogP contribution in [0.3, 0.4) is 0 Å². The molecule has 1 heterocycles. The standard InChI is InChI=1S/C20H27N3OS/c1-14-7-6-9-17(13-14)23-12-11-21-20(23)25-16(3)19(24)22-18-10-5-4-8-15(18)2/h6-7,9,11-13,15-16,18H,4-5,8,10H2,1-3H3,(H,22,24)/t15-,16-,18+/m1/s1. The van der Waals surface area contributed by atoms with Crippen molar-refractivity contribution < 1.29 is 4.79 Å². The largest absolute Gasteiger partial charge is 0.352 e. The Hall–Kier alpha value is -1.75. The fraction of sp³-hybridized carbons (Fsp3) is 0.500. The number of aromatic nitrogens is 2. The van der Waals surface area contributed by atoms with Gasteiger partial charge in [-0.25, -0.2) is 4.98 Å². The molecule has 1 aromatic heterocycles. The molecule has 1 fully saturated rings. The molecule has 1 saturated carbocycles. The highest BCUT2D eigenvalue weighted by atomic mass is 32.2. The monoisotopic (exact) mass is 357 g/mol. The predicted molar refractivity (Wildman–Crippen MR) is 103 cm³/mol. The van der Waals surface area contributed by atoms with Gasteiger partial charge >= 0.3 is 0 Å². The van der Waals surface area contributed by atoms with E-state index in [1.807, 2.05) is 23.8 Å². The molecule has 1 aliphatic rings. The first-order valence-corrected chi connectivity index (χ1v) is 10.00. The molecule has 0 unspecified atom stereocenters. The number of hydrogen-bond acceptors (Lipinski definition) is 3. The lowest BCUT2D eigenvalue weighted by Gasteiger charge is -2.30. The van der Waals surface area contributed by atoms with E-state index >= 15 is 0 Å². The first-order valence-electron chi connectivity index (χ1n) is 9.12. The molecule has 2 aromatic rings. The summed E-state index contributed by atoms with van der Waals surface area (Å²) < 4.78 is 2.05. The van der Waals surface area contributed by atoms with E-state index in [4.69, 9.17) is 0 Å². The molecule has 4 nitrogen and oxygen atoms in total. The lowest BCUT2D eigenvalue weighted by Crippen LogP contribution is -2.44. The lowest BCUT2D eigenvalue weighted by molar-refractivity contribution is -0.121. The van der Waals surface area contributed by atoms with Gasteiger partial charge in [0, 0.05) is 24.1 Å². The van der Waals surface area contributed by atoms with Crippen LogP contribution in [0.1, 0.15) is 45.1 Å². The summed E-state index contributed by atoms with van der Waals surface area (Å²) in [5, 5.41) is 3.94. The van der Waals surface area contributed by atoms with Crippen molar-refractivity contribution in [3.63, 3.8) is 0 Å². The Morgan fingerprint density at radius 2 is 2.16 bits per heavy atom. The minimum absolute atomic E-state index is 0.113. The average Bonchev–Trinajstić information content (AvgIpc) is 3.05. The molecule has 134 valence electrons. The van der Waals surface area contributed by atoms with Gasteiger partial charge in [0.1, 0.15) is 0 Å². The molecule has 1 aliphatic carbocycles. The molecular formula is C20H27N3OS. The highest BCUT2D eigenvalue weighted by Crippen LogP contribution is 2.27. The molecule has 3 atom stereocenters. The molecule has 1 amide bonds. The van der Waals surface area contributed by atoms with Gasteiger partial charge in [0.2, 0.25) is 5.91 Å². The van der Waals surface area contributed by atoms with Crippen molar-refractivity contribution in [2.45, 2.75) is 62.9 Å². The Kier molecular flexibility index (Phi) is 5.84. The zero-order valence-electron chi connectivity index (χ0n) is 15.2. The summed E-state index contributed by atoms with van der Waals surface area (Å²) in [5.74, 6) is 0.687. The maximum absolute atomic E-state index is 12.6. The Morgan fingerprint density at radius 3 is 2.92 bits per heavy atom. The van der Waals surface area contributed by atoms with Gasteiger partial charge in [-0.1, -0.05) is 43.7 Å². The van der Waals surface area contributed by atoms with Crippen LogP contribution >= 0.6 is 11.8 Å². The fourth-order valence-corrected chi connectivity index (χ4v) is 4.29. The SMILES string of the molecule is Cc1cccc(-n2ccnc2S[C@H](C)C(=O)N[C@H]2CCCC[C@H]2C)c1. The number of rotatable bonds is 5. The molecule has 0 aliphatic heterocycles. The van der Waals surface area contributed by atoms with E-state index in [2.05, 4.69) is 42.3 Å². The zero-order chi connectivity index (χ0) is 17.8. The molecule has 0 saturated heterocycles. The van der Waals surface area contributed by atoms with Crippen LogP contribution in [0.25, 0.3) is 5.69 Å². The Balaban J connectivity index is 1.66. The number of benzene rings is 1. The van der Waals surface area contributed by atoms with Crippen LogP contribution in [0.2, 0.25) is 0 Å². The van der Waals surface area contributed by atoms with Crippen LogP contribution in [-0.2, 0) is 4.79 Å². The molecule has 0 bridgehead atoms. The van der Waals surface area contributed by atoms with Crippen LogP contribution in [0.15, 0.2) is 41.8 Å². The summed E-state index contributed by atoms with van der Waals surface area (Å²) in [4.78, 5) is 17.1. The molecule has 1 N–H and O–H groups in total. The number of nitrogens with zero attached hydrogens (tertiary/aromatic N) is 2. The van der Waals surface area contributed by atoms with Gasteiger partial charge in [0.25, 0.3) is 0 Å². The summed E-state index contributed by atoms with van der Waals surface area (Å²) >= 11 is 1.52. The van der Waals surface area contributed by atoms with E-state index in [1.165, 1.54) is 36.6 Å². The van der Waals surface area contributed by atoms with Gasteiger partial charge in [-0.3, -0.25) is 9.36 Å². The van der Waals surface area contributed by atoms with E-state index < -0.39 is 0 Å². The fourth-order valence-electron chi connectivity index (χ4n) is 3.39. The van der Waals surface area contributed by atoms with Gasteiger partial charge < -0.3 is 5.32 Å². The summed E-state index contributed by atoms with van der Waals surface area (Å²) in [6.45, 7) is 6.28. The van der Waals surface area contributed by atoms with Gasteiger partial charge in [-0.2, -0.15) is 0 Å². The van der Waals surface area contributed by atoms with E-state index in [0.717, 1.165) is 17.3 Å². The van der Waals surface area contributed by atoms with Crippen molar-refractivity contribution >= 4 is 17.7 Å². The second kappa shape index (κ2) is 8.09. The van der Waals surface area contributed by atoms with Gasteiger partial charge in [0.15, 0.2) is 5.16 Å².